The Morgan fingerprint density at radius 2 is 2.08 bits per heavy atom. The van der Waals surface area contributed by atoms with Gasteiger partial charge in [0.1, 0.15) is 10.6 Å². The molecule has 1 heterocycles. The first-order valence-corrected chi connectivity index (χ1v) is 8.07. The zero-order valence-electron chi connectivity index (χ0n) is 13.0. The molecule has 0 spiro atoms. The minimum atomic E-state index is -0.910. The lowest BCUT2D eigenvalue weighted by atomic mass is 10.1. The van der Waals surface area contributed by atoms with Crippen LogP contribution in [0.15, 0.2) is 47.2 Å². The third kappa shape index (κ3) is 5.35. The van der Waals surface area contributed by atoms with Crippen molar-refractivity contribution in [2.75, 3.05) is 0 Å². The number of non-ortho nitro benzene ring substituents is 1. The van der Waals surface area contributed by atoms with E-state index < -0.39 is 22.8 Å². The number of aromatic nitrogens is 1. The molecule has 1 atom stereocenters. The second-order valence-corrected chi connectivity index (χ2v) is 6.03. The van der Waals surface area contributed by atoms with Crippen molar-refractivity contribution in [2.24, 2.45) is 5.73 Å². The lowest BCUT2D eigenvalue weighted by molar-refractivity contribution is -0.384. The molecule has 1 aromatic carbocycles. The zero-order valence-corrected chi connectivity index (χ0v) is 14.6. The Morgan fingerprint density at radius 3 is 2.72 bits per heavy atom. The number of amides is 2. The quantitative estimate of drug-likeness (QED) is 0.409. The summed E-state index contributed by atoms with van der Waals surface area (Å²) in [7, 11) is 0. The van der Waals surface area contributed by atoms with Crippen LogP contribution in [0.3, 0.4) is 0 Å². The van der Waals surface area contributed by atoms with Crippen molar-refractivity contribution in [3.8, 4) is 0 Å². The Balaban J connectivity index is 2.05. The number of nitro groups is 1. The molecule has 0 saturated carbocycles. The molecule has 0 aliphatic heterocycles. The Hall–Kier alpha value is -2.81. The lowest BCUT2D eigenvalue weighted by Crippen LogP contribution is -2.46. The number of nitrogens with zero attached hydrogens (tertiary/aromatic N) is 2. The summed E-state index contributed by atoms with van der Waals surface area (Å²) in [5.41, 5.74) is 6.45. The summed E-state index contributed by atoms with van der Waals surface area (Å²) < 4.78 is 0.564. The molecule has 0 saturated heterocycles. The predicted octanol–water partition coefficient (Wildman–Crippen LogP) is 1.51. The summed E-state index contributed by atoms with van der Waals surface area (Å²) in [4.78, 5) is 38.1. The first-order chi connectivity index (χ1) is 11.9. The molecule has 0 fully saturated rings. The van der Waals surface area contributed by atoms with Crippen LogP contribution in [0.2, 0.25) is 0 Å². The topological polar surface area (TPSA) is 128 Å². The number of benzene rings is 1. The van der Waals surface area contributed by atoms with Gasteiger partial charge in [-0.25, -0.2) is 4.98 Å². The number of nitrogens with two attached hydrogens (primary N) is 1. The van der Waals surface area contributed by atoms with Crippen LogP contribution in [0.5, 0.6) is 0 Å². The van der Waals surface area contributed by atoms with Gasteiger partial charge in [-0.3, -0.25) is 19.7 Å². The molecule has 25 heavy (non-hydrogen) atoms. The van der Waals surface area contributed by atoms with E-state index >= 15 is 0 Å². The van der Waals surface area contributed by atoms with E-state index in [1.165, 1.54) is 18.2 Å². The molecule has 2 aromatic rings. The smallest absolute Gasteiger partial charge is 0.269 e. The third-order valence-corrected chi connectivity index (χ3v) is 4.14. The zero-order chi connectivity index (χ0) is 18.4. The Bertz CT molecular complexity index is 812. The van der Waals surface area contributed by atoms with Gasteiger partial charge in [-0.2, -0.15) is 0 Å². The van der Waals surface area contributed by atoms with Crippen LogP contribution >= 0.6 is 15.9 Å². The summed E-state index contributed by atoms with van der Waals surface area (Å²) in [5, 5.41) is 13.3. The largest absolute Gasteiger partial charge is 0.368 e. The predicted molar refractivity (Wildman–Crippen MR) is 93.6 cm³/mol. The summed E-state index contributed by atoms with van der Waals surface area (Å²) in [6.07, 6.45) is 1.68. The fraction of sp³-hybridized carbons (Fsp3) is 0.188. The first-order valence-electron chi connectivity index (χ1n) is 7.28. The van der Waals surface area contributed by atoms with E-state index in [2.05, 4.69) is 26.2 Å². The molecule has 0 radical (unpaired) electrons. The standard InChI is InChI=1S/C16H15BrN4O4/c17-15-11(4-2-6-19-15)9-13(16(18)23)20-14(22)8-10-3-1-5-12(7-10)21(24)25/h1-7,13H,8-9H2,(H2,18,23)(H,20,22)/t13-/m1/s1. The summed E-state index contributed by atoms with van der Waals surface area (Å²) >= 11 is 3.28. The molecule has 2 amide bonds. The SMILES string of the molecule is NC(=O)[C@@H](Cc1cccnc1Br)NC(=O)Cc1cccc([N+](=O)[O-])c1. The van der Waals surface area contributed by atoms with Gasteiger partial charge in [-0.15, -0.1) is 0 Å². The molecular formula is C16H15BrN4O4. The molecule has 130 valence electrons. The molecule has 0 aliphatic rings. The number of halogens is 1. The van der Waals surface area contributed by atoms with Crippen molar-refractivity contribution in [1.29, 1.82) is 0 Å². The molecule has 2 rings (SSSR count). The number of nitro benzene ring substituents is 1. The second-order valence-electron chi connectivity index (χ2n) is 5.28. The molecule has 1 aromatic heterocycles. The molecule has 0 unspecified atom stereocenters. The number of pyridine rings is 1. The Morgan fingerprint density at radius 1 is 1.32 bits per heavy atom. The van der Waals surface area contributed by atoms with Crippen molar-refractivity contribution in [1.82, 2.24) is 10.3 Å². The van der Waals surface area contributed by atoms with Gasteiger partial charge >= 0.3 is 0 Å². The van der Waals surface area contributed by atoms with Crippen molar-refractivity contribution < 1.29 is 14.5 Å². The van der Waals surface area contributed by atoms with Crippen molar-refractivity contribution in [2.45, 2.75) is 18.9 Å². The van der Waals surface area contributed by atoms with Crippen LogP contribution in [0.1, 0.15) is 11.1 Å². The van der Waals surface area contributed by atoms with Gasteiger partial charge in [-0.1, -0.05) is 18.2 Å². The molecule has 8 nitrogen and oxygen atoms in total. The van der Waals surface area contributed by atoms with E-state index in [4.69, 9.17) is 5.73 Å². The minimum absolute atomic E-state index is 0.0976. The fourth-order valence-corrected chi connectivity index (χ4v) is 2.64. The van der Waals surface area contributed by atoms with E-state index in [0.717, 1.165) is 5.56 Å². The van der Waals surface area contributed by atoms with Gasteiger partial charge in [0.2, 0.25) is 11.8 Å². The van der Waals surface area contributed by atoms with Gasteiger partial charge < -0.3 is 11.1 Å². The fourth-order valence-electron chi connectivity index (χ4n) is 2.23. The normalized spacial score (nSPS) is 11.6. The van der Waals surface area contributed by atoms with Crippen LogP contribution < -0.4 is 11.1 Å². The first kappa shape index (κ1) is 18.5. The van der Waals surface area contributed by atoms with Gasteiger partial charge in [0.05, 0.1) is 11.3 Å². The van der Waals surface area contributed by atoms with E-state index in [1.807, 2.05) is 0 Å². The van der Waals surface area contributed by atoms with Crippen LogP contribution in [0, 0.1) is 10.1 Å². The number of rotatable bonds is 7. The Labute approximate surface area is 151 Å². The maximum Gasteiger partial charge on any atom is 0.269 e. The van der Waals surface area contributed by atoms with E-state index in [9.17, 15) is 19.7 Å². The number of hydrogen-bond acceptors (Lipinski definition) is 5. The van der Waals surface area contributed by atoms with Crippen molar-refractivity contribution in [3.05, 3.63) is 68.4 Å². The van der Waals surface area contributed by atoms with Crippen LogP contribution in [-0.2, 0) is 22.4 Å². The average Bonchev–Trinajstić information content (AvgIpc) is 2.56. The maximum atomic E-state index is 12.2. The number of carbonyl (C=O) groups excluding carboxylic acids is 2. The van der Waals surface area contributed by atoms with Crippen LogP contribution in [0.4, 0.5) is 5.69 Å². The summed E-state index contributed by atoms with van der Waals surface area (Å²) in [6.45, 7) is 0. The number of nitrogens with one attached hydrogen (secondary N) is 1. The highest BCUT2D eigenvalue weighted by atomic mass is 79.9. The molecule has 9 heteroatoms. The van der Waals surface area contributed by atoms with Gasteiger partial charge in [0, 0.05) is 24.8 Å². The highest BCUT2D eigenvalue weighted by molar-refractivity contribution is 9.10. The van der Waals surface area contributed by atoms with Crippen molar-refractivity contribution >= 4 is 33.4 Å². The molecular weight excluding hydrogens is 392 g/mol. The Kier molecular flexibility index (Phi) is 6.18. The van der Waals surface area contributed by atoms with Crippen LogP contribution in [-0.4, -0.2) is 27.8 Å². The number of carbonyl (C=O) groups is 2. The molecule has 0 aliphatic carbocycles. The summed E-state index contributed by atoms with van der Waals surface area (Å²) in [5.74, 6) is -1.13. The lowest BCUT2D eigenvalue weighted by Gasteiger charge is -2.16. The number of hydrogen-bond donors (Lipinski definition) is 2. The number of primary amides is 1. The highest BCUT2D eigenvalue weighted by Crippen LogP contribution is 2.15. The monoisotopic (exact) mass is 406 g/mol. The summed E-state index contributed by atoms with van der Waals surface area (Å²) in [6, 6.07) is 8.32. The maximum absolute atomic E-state index is 12.2. The molecule has 0 bridgehead atoms. The van der Waals surface area contributed by atoms with E-state index in [-0.39, 0.29) is 18.5 Å². The third-order valence-electron chi connectivity index (χ3n) is 3.43. The van der Waals surface area contributed by atoms with Gasteiger partial charge in [-0.05, 0) is 33.1 Å². The second kappa shape index (κ2) is 8.34. The van der Waals surface area contributed by atoms with Gasteiger partial charge in [0.15, 0.2) is 0 Å². The van der Waals surface area contributed by atoms with Gasteiger partial charge in [0.25, 0.3) is 5.69 Å². The van der Waals surface area contributed by atoms with Crippen molar-refractivity contribution in [3.63, 3.8) is 0 Å². The van der Waals surface area contributed by atoms with Crippen LogP contribution in [0.25, 0.3) is 0 Å². The van der Waals surface area contributed by atoms with E-state index in [0.29, 0.717) is 10.2 Å². The average molecular weight is 407 g/mol. The molecule has 3 N–H and O–H groups in total. The highest BCUT2D eigenvalue weighted by Gasteiger charge is 2.20. The minimum Gasteiger partial charge on any atom is -0.368 e. The van der Waals surface area contributed by atoms with E-state index in [1.54, 1.807) is 24.4 Å².